The van der Waals surface area contributed by atoms with Gasteiger partial charge in [-0.2, -0.15) is 0 Å². The van der Waals surface area contributed by atoms with E-state index in [1.54, 1.807) is 16.0 Å². The van der Waals surface area contributed by atoms with E-state index in [-0.39, 0.29) is 48.7 Å². The van der Waals surface area contributed by atoms with E-state index in [0.29, 0.717) is 51.6 Å². The van der Waals surface area contributed by atoms with Gasteiger partial charge in [-0.05, 0) is 55.0 Å². The third kappa shape index (κ3) is 9.10. The zero-order valence-electron chi connectivity index (χ0n) is 29.5. The molecule has 2 saturated heterocycles. The molecule has 0 bridgehead atoms. The fourth-order valence-corrected chi connectivity index (χ4v) is 7.13. The van der Waals surface area contributed by atoms with E-state index in [0.717, 1.165) is 29.3 Å². The molecule has 2 amide bonds. The second-order valence-corrected chi connectivity index (χ2v) is 13.5. The third-order valence-corrected chi connectivity index (χ3v) is 9.60. The van der Waals surface area contributed by atoms with E-state index in [4.69, 9.17) is 19.2 Å². The smallest absolute Gasteiger partial charge is 0.303 e. The molecule has 10 nitrogen and oxygen atoms in total. The van der Waals surface area contributed by atoms with Gasteiger partial charge in [-0.1, -0.05) is 60.7 Å². The zero-order chi connectivity index (χ0) is 36.6. The van der Waals surface area contributed by atoms with Crippen molar-refractivity contribution in [3.05, 3.63) is 114 Å². The highest BCUT2D eigenvalue weighted by molar-refractivity contribution is 5.84. The molecule has 1 aromatic heterocycles. The summed E-state index contributed by atoms with van der Waals surface area (Å²) in [6, 6.07) is 21.9. The molecule has 3 heterocycles. The number of likely N-dealkylation sites (tertiary alicyclic amines) is 1. The van der Waals surface area contributed by atoms with Crippen molar-refractivity contribution in [3.63, 3.8) is 0 Å². The number of hydrogen-bond donors (Lipinski definition) is 0. The lowest BCUT2D eigenvalue weighted by atomic mass is 9.88. The van der Waals surface area contributed by atoms with Gasteiger partial charge in [0.1, 0.15) is 24.2 Å². The van der Waals surface area contributed by atoms with Crippen LogP contribution in [0.25, 0.3) is 11.3 Å². The fourth-order valence-electron chi connectivity index (χ4n) is 7.13. The number of rotatable bonds is 14. The Balaban J connectivity index is 1.37. The van der Waals surface area contributed by atoms with Crippen molar-refractivity contribution < 1.29 is 37.4 Å². The summed E-state index contributed by atoms with van der Waals surface area (Å²) in [5, 5.41) is 0. The molecular formula is C40H44F2N4O6. The van der Waals surface area contributed by atoms with Crippen LogP contribution in [0.1, 0.15) is 56.1 Å². The van der Waals surface area contributed by atoms with E-state index in [9.17, 15) is 18.8 Å². The number of carbonyl (C=O) groups is 3. The van der Waals surface area contributed by atoms with Gasteiger partial charge in [-0.15, -0.1) is 0 Å². The van der Waals surface area contributed by atoms with Crippen LogP contribution in [0.2, 0.25) is 0 Å². The number of ether oxygens (including phenoxy) is 3. The van der Waals surface area contributed by atoms with Gasteiger partial charge in [-0.25, -0.2) is 13.8 Å². The lowest BCUT2D eigenvalue weighted by molar-refractivity contribution is -0.160. The number of aromatic nitrogens is 2. The highest BCUT2D eigenvalue weighted by Gasteiger charge is 2.42. The maximum absolute atomic E-state index is 15.2. The Morgan fingerprint density at radius 3 is 2.38 bits per heavy atom. The Hall–Kier alpha value is -4.94. The van der Waals surface area contributed by atoms with Crippen LogP contribution in [0.5, 0.6) is 0 Å². The van der Waals surface area contributed by atoms with Gasteiger partial charge in [0.2, 0.25) is 5.91 Å². The van der Waals surface area contributed by atoms with Crippen LogP contribution in [0, 0.1) is 23.5 Å². The number of hydrogen-bond acceptors (Lipinski definition) is 7. The number of imidazole rings is 1. The SMILES string of the molecule is CC(=O)OC(C)C(=O)N(CC1CC(=O)N(COCc2ccccc2)C1)C(c1nc(-c2cc(F)ccc2F)cn1Cc1ccccc1)C1CCOCC1. The number of nitrogens with zero attached hydrogens (tertiary/aromatic N) is 4. The van der Waals surface area contributed by atoms with Crippen molar-refractivity contribution in [2.75, 3.05) is 33.0 Å². The third-order valence-electron chi connectivity index (χ3n) is 9.60. The predicted octanol–water partition coefficient (Wildman–Crippen LogP) is 6.15. The van der Waals surface area contributed by atoms with Crippen molar-refractivity contribution in [2.24, 2.45) is 11.8 Å². The summed E-state index contributed by atoms with van der Waals surface area (Å²) in [6.07, 6.45) is 1.96. The van der Waals surface area contributed by atoms with Gasteiger partial charge in [0.25, 0.3) is 5.91 Å². The van der Waals surface area contributed by atoms with Crippen LogP contribution in [0.4, 0.5) is 8.78 Å². The molecule has 0 N–H and O–H groups in total. The Morgan fingerprint density at radius 1 is 1.00 bits per heavy atom. The Kier molecular flexibility index (Phi) is 12.1. The molecule has 12 heteroatoms. The van der Waals surface area contributed by atoms with Crippen molar-refractivity contribution >= 4 is 17.8 Å². The summed E-state index contributed by atoms with van der Waals surface area (Å²) in [4.78, 5) is 48.1. The highest BCUT2D eigenvalue weighted by atomic mass is 19.1. The Morgan fingerprint density at radius 2 is 1.69 bits per heavy atom. The summed E-state index contributed by atoms with van der Waals surface area (Å²) >= 11 is 0. The molecule has 2 aliphatic heterocycles. The van der Waals surface area contributed by atoms with Gasteiger partial charge in [-0.3, -0.25) is 14.4 Å². The number of amides is 2. The first-order valence-corrected chi connectivity index (χ1v) is 17.7. The first-order chi connectivity index (χ1) is 25.2. The number of benzene rings is 3. The summed E-state index contributed by atoms with van der Waals surface area (Å²) < 4.78 is 48.6. The molecule has 3 aromatic carbocycles. The standard InChI is InChI=1S/C40H44F2N4O6/c1-27(52-28(2)47)40(49)46(23-31-19-37(48)45(22-31)26-51-25-30-11-7-4-8-12-30)38(32-15-17-50-18-16-32)39-43-36(34-20-33(41)13-14-35(34)42)24-44(39)21-29-9-5-3-6-10-29/h3-14,20,24,27,31-32,38H,15-19,21-23,25-26H2,1-2H3. The minimum Gasteiger partial charge on any atom is -0.453 e. The number of esters is 1. The zero-order valence-corrected chi connectivity index (χ0v) is 29.5. The van der Waals surface area contributed by atoms with Crippen LogP contribution >= 0.6 is 0 Å². The molecule has 274 valence electrons. The first kappa shape index (κ1) is 36.8. The van der Waals surface area contributed by atoms with Gasteiger partial charge in [0, 0.05) is 63.9 Å². The van der Waals surface area contributed by atoms with Gasteiger partial charge in [0.15, 0.2) is 6.10 Å². The van der Waals surface area contributed by atoms with Crippen molar-refractivity contribution in [2.45, 2.75) is 58.4 Å². The fraction of sp³-hybridized carbons (Fsp3) is 0.400. The van der Waals surface area contributed by atoms with E-state index in [2.05, 4.69) is 0 Å². The molecule has 3 unspecified atom stereocenters. The topological polar surface area (TPSA) is 103 Å². The molecule has 2 fully saturated rings. The largest absolute Gasteiger partial charge is 0.453 e. The lowest BCUT2D eigenvalue weighted by Gasteiger charge is -2.40. The van der Waals surface area contributed by atoms with E-state index in [1.165, 1.54) is 13.8 Å². The quantitative estimate of drug-likeness (QED) is 0.145. The maximum Gasteiger partial charge on any atom is 0.303 e. The van der Waals surface area contributed by atoms with E-state index >= 15 is 4.39 Å². The van der Waals surface area contributed by atoms with Crippen LogP contribution < -0.4 is 0 Å². The molecule has 2 aliphatic rings. The molecule has 0 aliphatic carbocycles. The molecule has 4 aromatic rings. The summed E-state index contributed by atoms with van der Waals surface area (Å²) in [5.41, 5.74) is 2.15. The number of halogens is 2. The molecule has 3 atom stereocenters. The van der Waals surface area contributed by atoms with Crippen LogP contribution in [0.3, 0.4) is 0 Å². The average molecular weight is 715 g/mol. The van der Waals surface area contributed by atoms with Gasteiger partial charge in [0.05, 0.1) is 18.3 Å². The predicted molar refractivity (Wildman–Crippen MR) is 188 cm³/mol. The number of carbonyl (C=O) groups excluding carboxylic acids is 3. The molecule has 0 saturated carbocycles. The summed E-state index contributed by atoms with van der Waals surface area (Å²) in [5.74, 6) is -2.29. The molecule has 0 radical (unpaired) electrons. The molecular weight excluding hydrogens is 670 g/mol. The van der Waals surface area contributed by atoms with Gasteiger partial charge < -0.3 is 28.6 Å². The average Bonchev–Trinajstić information content (AvgIpc) is 3.71. The molecule has 0 spiro atoms. The summed E-state index contributed by atoms with van der Waals surface area (Å²) in [7, 11) is 0. The minimum atomic E-state index is -1.13. The minimum absolute atomic E-state index is 0.00233. The van der Waals surface area contributed by atoms with E-state index < -0.39 is 35.7 Å². The normalized spacial score (nSPS) is 17.6. The van der Waals surface area contributed by atoms with Crippen molar-refractivity contribution in [1.29, 1.82) is 0 Å². The molecule has 52 heavy (non-hydrogen) atoms. The van der Waals surface area contributed by atoms with Crippen LogP contribution in [0.15, 0.2) is 85.1 Å². The van der Waals surface area contributed by atoms with Crippen LogP contribution in [-0.4, -0.2) is 76.3 Å². The van der Waals surface area contributed by atoms with Crippen molar-refractivity contribution in [1.82, 2.24) is 19.4 Å². The van der Waals surface area contributed by atoms with E-state index in [1.807, 2.05) is 65.2 Å². The second-order valence-electron chi connectivity index (χ2n) is 13.5. The molecule has 6 rings (SSSR count). The van der Waals surface area contributed by atoms with Gasteiger partial charge >= 0.3 is 5.97 Å². The van der Waals surface area contributed by atoms with Crippen LogP contribution in [-0.2, 0) is 41.7 Å². The first-order valence-electron chi connectivity index (χ1n) is 17.7. The Bertz CT molecular complexity index is 1830. The lowest BCUT2D eigenvalue weighted by Crippen LogP contribution is -2.48. The van der Waals surface area contributed by atoms with Crippen molar-refractivity contribution in [3.8, 4) is 11.3 Å². The maximum atomic E-state index is 15.2. The summed E-state index contributed by atoms with van der Waals surface area (Å²) in [6.45, 7) is 5.02. The second kappa shape index (κ2) is 17.1. The monoisotopic (exact) mass is 714 g/mol. The highest BCUT2D eigenvalue weighted by Crippen LogP contribution is 2.39. The Labute approximate surface area is 302 Å².